The Labute approximate surface area is 185 Å². The Morgan fingerprint density at radius 3 is 1.26 bits per heavy atom. The van der Waals surface area contributed by atoms with Crippen LogP contribution in [0.15, 0.2) is 0 Å². The van der Waals surface area contributed by atoms with E-state index in [1.807, 2.05) is 0 Å². The standard InChI is InChI=1S/C12H26O.C4H6O4.2Na/c1-2-3-4-5-6-7-8-9-10-11-12-13;5-3(6)1-2-4(7)8;;/h13H,2-12H2,1H3;1-2H2,(H,5,6)(H,7,8);;/q;;2*+1/p-2. The predicted octanol–water partition coefficient (Wildman–Crippen LogP) is -4.83. The van der Waals surface area contributed by atoms with Crippen LogP contribution in [0.1, 0.15) is 84.0 Å². The number of aliphatic hydroxyl groups excluding tert-OH is 1. The van der Waals surface area contributed by atoms with Crippen molar-refractivity contribution >= 4 is 11.9 Å². The van der Waals surface area contributed by atoms with Gasteiger partial charge in [-0.1, -0.05) is 64.7 Å². The molecular formula is C16H30Na2O5. The van der Waals surface area contributed by atoms with Crippen molar-refractivity contribution in [2.24, 2.45) is 0 Å². The van der Waals surface area contributed by atoms with Crippen LogP contribution in [0.25, 0.3) is 0 Å². The number of carbonyl (C=O) groups excluding carboxylic acids is 2. The molecule has 0 spiro atoms. The molecule has 0 aromatic heterocycles. The third kappa shape index (κ3) is 39.6. The summed E-state index contributed by atoms with van der Waals surface area (Å²) in [5.74, 6) is -2.73. The van der Waals surface area contributed by atoms with Gasteiger partial charge in [0.2, 0.25) is 0 Å². The smallest absolute Gasteiger partial charge is 0.550 e. The Bertz CT molecular complexity index is 227. The second-order valence-electron chi connectivity index (χ2n) is 5.15. The monoisotopic (exact) mass is 348 g/mol. The van der Waals surface area contributed by atoms with Crippen LogP contribution in [0.4, 0.5) is 0 Å². The topological polar surface area (TPSA) is 100 Å². The molecule has 126 valence electrons. The quantitative estimate of drug-likeness (QED) is 0.266. The van der Waals surface area contributed by atoms with Gasteiger partial charge in [0.15, 0.2) is 0 Å². The summed E-state index contributed by atoms with van der Waals surface area (Å²) < 4.78 is 0. The van der Waals surface area contributed by atoms with E-state index in [-0.39, 0.29) is 59.1 Å². The molecule has 0 saturated carbocycles. The second-order valence-corrected chi connectivity index (χ2v) is 5.15. The predicted molar refractivity (Wildman–Crippen MR) is 78.2 cm³/mol. The minimum absolute atomic E-state index is 0. The number of carboxylic acids is 2. The molecule has 0 radical (unpaired) electrons. The van der Waals surface area contributed by atoms with Crippen molar-refractivity contribution in [1.29, 1.82) is 0 Å². The Morgan fingerprint density at radius 1 is 0.696 bits per heavy atom. The van der Waals surface area contributed by atoms with Gasteiger partial charge in [0, 0.05) is 18.5 Å². The van der Waals surface area contributed by atoms with Crippen LogP contribution >= 0.6 is 0 Å². The molecule has 0 saturated heterocycles. The summed E-state index contributed by atoms with van der Waals surface area (Å²) in [5, 5.41) is 27.6. The summed E-state index contributed by atoms with van der Waals surface area (Å²) in [5.41, 5.74) is 0. The Morgan fingerprint density at radius 2 is 1.00 bits per heavy atom. The molecule has 0 fully saturated rings. The maximum Gasteiger partial charge on any atom is 1.00 e. The molecule has 0 aliphatic heterocycles. The first-order valence-electron chi connectivity index (χ1n) is 8.05. The van der Waals surface area contributed by atoms with Crippen molar-refractivity contribution in [2.45, 2.75) is 84.0 Å². The van der Waals surface area contributed by atoms with E-state index < -0.39 is 24.8 Å². The summed E-state index contributed by atoms with van der Waals surface area (Å²) in [6, 6.07) is 0. The summed E-state index contributed by atoms with van der Waals surface area (Å²) in [6.07, 6.45) is 12.4. The van der Waals surface area contributed by atoms with Gasteiger partial charge in [-0.25, -0.2) is 0 Å². The molecule has 0 amide bonds. The molecule has 0 atom stereocenters. The van der Waals surface area contributed by atoms with Crippen molar-refractivity contribution in [3.8, 4) is 0 Å². The van der Waals surface area contributed by atoms with E-state index in [1.54, 1.807) is 0 Å². The largest absolute Gasteiger partial charge is 1.00 e. The SMILES string of the molecule is CCCCCCCCCCCCO.O=C([O-])CCC(=O)[O-].[Na+].[Na+]. The van der Waals surface area contributed by atoms with Crippen LogP contribution in [0.3, 0.4) is 0 Å². The van der Waals surface area contributed by atoms with Crippen molar-refractivity contribution in [1.82, 2.24) is 0 Å². The zero-order valence-corrected chi connectivity index (χ0v) is 19.3. The summed E-state index contributed by atoms with van der Waals surface area (Å²) in [7, 11) is 0. The molecule has 5 nitrogen and oxygen atoms in total. The fraction of sp³-hybridized carbons (Fsp3) is 0.875. The summed E-state index contributed by atoms with van der Waals surface area (Å²) >= 11 is 0. The fourth-order valence-corrected chi connectivity index (χ4v) is 1.80. The second kappa shape index (κ2) is 27.7. The van der Waals surface area contributed by atoms with Crippen LogP contribution < -0.4 is 69.3 Å². The van der Waals surface area contributed by atoms with Gasteiger partial charge in [0.05, 0.1) is 0 Å². The van der Waals surface area contributed by atoms with E-state index >= 15 is 0 Å². The molecule has 0 aliphatic rings. The zero-order valence-electron chi connectivity index (χ0n) is 15.3. The van der Waals surface area contributed by atoms with Gasteiger partial charge in [-0.05, 0) is 19.3 Å². The van der Waals surface area contributed by atoms with Gasteiger partial charge in [0.1, 0.15) is 0 Å². The Hall–Kier alpha value is 0.900. The van der Waals surface area contributed by atoms with E-state index in [0.717, 1.165) is 6.42 Å². The van der Waals surface area contributed by atoms with Crippen LogP contribution in [-0.4, -0.2) is 23.7 Å². The number of carboxylic acid groups (broad SMARTS) is 2. The molecule has 0 rings (SSSR count). The first kappa shape index (κ1) is 31.6. The van der Waals surface area contributed by atoms with Gasteiger partial charge in [0.25, 0.3) is 0 Å². The summed E-state index contributed by atoms with van der Waals surface area (Å²) in [4.78, 5) is 19.0. The number of hydrogen-bond acceptors (Lipinski definition) is 5. The van der Waals surface area contributed by atoms with Crippen molar-refractivity contribution in [3.05, 3.63) is 0 Å². The van der Waals surface area contributed by atoms with E-state index in [9.17, 15) is 19.8 Å². The maximum absolute atomic E-state index is 9.50. The zero-order chi connectivity index (χ0) is 16.3. The van der Waals surface area contributed by atoms with Gasteiger partial charge < -0.3 is 24.9 Å². The molecule has 1 N–H and O–H groups in total. The average molecular weight is 348 g/mol. The van der Waals surface area contributed by atoms with Crippen LogP contribution in [-0.2, 0) is 9.59 Å². The minimum atomic E-state index is -1.37. The van der Waals surface area contributed by atoms with Crippen molar-refractivity contribution in [3.63, 3.8) is 0 Å². The average Bonchev–Trinajstić information content (AvgIpc) is 2.44. The van der Waals surface area contributed by atoms with E-state index in [2.05, 4.69) is 6.92 Å². The van der Waals surface area contributed by atoms with E-state index in [1.165, 1.54) is 57.8 Å². The number of aliphatic carboxylic acids is 2. The Kier molecular flexibility index (Phi) is 38.2. The number of rotatable bonds is 13. The van der Waals surface area contributed by atoms with Crippen LogP contribution in [0, 0.1) is 0 Å². The van der Waals surface area contributed by atoms with E-state index in [0.29, 0.717) is 6.61 Å². The van der Waals surface area contributed by atoms with Crippen LogP contribution in [0.2, 0.25) is 0 Å². The van der Waals surface area contributed by atoms with E-state index in [4.69, 9.17) is 5.11 Å². The fourth-order valence-electron chi connectivity index (χ4n) is 1.80. The maximum atomic E-state index is 9.50. The van der Waals surface area contributed by atoms with Gasteiger partial charge in [-0.15, -0.1) is 0 Å². The number of aliphatic hydroxyl groups is 1. The number of carbonyl (C=O) groups is 2. The van der Waals surface area contributed by atoms with Crippen molar-refractivity contribution < 1.29 is 84.0 Å². The number of unbranched alkanes of at least 4 members (excludes halogenated alkanes) is 9. The minimum Gasteiger partial charge on any atom is -0.550 e. The van der Waals surface area contributed by atoms with Crippen LogP contribution in [0.5, 0.6) is 0 Å². The van der Waals surface area contributed by atoms with Gasteiger partial charge >= 0.3 is 59.1 Å². The molecule has 23 heavy (non-hydrogen) atoms. The Balaban J connectivity index is -0.000000158. The molecule has 0 aromatic carbocycles. The normalized spacial score (nSPS) is 8.96. The molecule has 0 heterocycles. The van der Waals surface area contributed by atoms with Gasteiger partial charge in [-0.3, -0.25) is 0 Å². The molecule has 0 unspecified atom stereocenters. The molecule has 7 heteroatoms. The molecular weight excluding hydrogens is 318 g/mol. The summed E-state index contributed by atoms with van der Waals surface area (Å²) in [6.45, 7) is 2.63. The van der Waals surface area contributed by atoms with Gasteiger partial charge in [-0.2, -0.15) is 0 Å². The first-order valence-corrected chi connectivity index (χ1v) is 8.05. The third-order valence-electron chi connectivity index (χ3n) is 3.04. The third-order valence-corrected chi connectivity index (χ3v) is 3.04. The number of hydrogen-bond donors (Lipinski definition) is 1. The molecule has 0 aromatic rings. The molecule has 0 aliphatic carbocycles. The first-order chi connectivity index (χ1) is 10.0. The van der Waals surface area contributed by atoms with Crippen molar-refractivity contribution in [2.75, 3.05) is 6.61 Å². The molecule has 0 bridgehead atoms.